The standard InChI is InChI=1S/C23H22N2O4S/c1-2-29-19-15-12-18(13-16-19)14-17-23(26)24-21-10-6-7-11-22(21)25-30(27,28)20-8-4-3-5-9-20/h3-17,25H,2H2,1H3,(H,24,26)/b17-14+. The van der Waals surface area contributed by atoms with Crippen LogP contribution in [0.3, 0.4) is 0 Å². The van der Waals surface area contributed by atoms with Crippen LogP contribution in [0, 0.1) is 0 Å². The summed E-state index contributed by atoms with van der Waals surface area (Å²) >= 11 is 0. The average Bonchev–Trinajstić information content (AvgIpc) is 2.75. The van der Waals surface area contributed by atoms with Gasteiger partial charge in [0.25, 0.3) is 10.0 Å². The van der Waals surface area contributed by atoms with Crippen molar-refractivity contribution in [3.8, 4) is 5.75 Å². The Morgan fingerprint density at radius 3 is 2.20 bits per heavy atom. The van der Waals surface area contributed by atoms with Crippen molar-refractivity contribution >= 4 is 33.4 Å². The molecule has 6 nitrogen and oxygen atoms in total. The van der Waals surface area contributed by atoms with Crippen LogP contribution in [-0.2, 0) is 14.8 Å². The molecule has 30 heavy (non-hydrogen) atoms. The molecule has 2 N–H and O–H groups in total. The minimum absolute atomic E-state index is 0.140. The number of hydrogen-bond donors (Lipinski definition) is 2. The summed E-state index contributed by atoms with van der Waals surface area (Å²) in [5, 5.41) is 2.71. The van der Waals surface area contributed by atoms with E-state index in [2.05, 4.69) is 10.0 Å². The molecule has 0 aliphatic heterocycles. The van der Waals surface area contributed by atoms with Crippen LogP contribution in [0.5, 0.6) is 5.75 Å². The Kier molecular flexibility index (Phi) is 6.87. The van der Waals surface area contributed by atoms with E-state index >= 15 is 0 Å². The van der Waals surface area contributed by atoms with Gasteiger partial charge in [0, 0.05) is 6.08 Å². The first-order valence-corrected chi connectivity index (χ1v) is 10.8. The zero-order valence-electron chi connectivity index (χ0n) is 16.4. The van der Waals surface area contributed by atoms with E-state index < -0.39 is 10.0 Å². The molecule has 0 atom stereocenters. The molecule has 0 saturated heterocycles. The number of carbonyl (C=O) groups is 1. The first kappa shape index (κ1) is 21.1. The van der Waals surface area contributed by atoms with Gasteiger partial charge < -0.3 is 10.1 Å². The van der Waals surface area contributed by atoms with E-state index in [1.807, 2.05) is 31.2 Å². The van der Waals surface area contributed by atoms with Crippen molar-refractivity contribution in [2.45, 2.75) is 11.8 Å². The molecule has 3 aromatic carbocycles. The van der Waals surface area contributed by atoms with Crippen molar-refractivity contribution in [3.05, 3.63) is 90.5 Å². The van der Waals surface area contributed by atoms with Crippen LogP contribution in [0.15, 0.2) is 89.8 Å². The number of ether oxygens (including phenoxy) is 1. The highest BCUT2D eigenvalue weighted by Crippen LogP contribution is 2.24. The number of rotatable bonds is 8. The summed E-state index contributed by atoms with van der Waals surface area (Å²) in [6, 6.07) is 22.0. The first-order chi connectivity index (χ1) is 14.5. The van der Waals surface area contributed by atoms with E-state index in [1.165, 1.54) is 18.2 Å². The molecule has 1 amide bonds. The fourth-order valence-electron chi connectivity index (χ4n) is 2.67. The van der Waals surface area contributed by atoms with Gasteiger partial charge in [0.1, 0.15) is 5.75 Å². The Morgan fingerprint density at radius 2 is 1.53 bits per heavy atom. The van der Waals surface area contributed by atoms with E-state index in [4.69, 9.17) is 4.74 Å². The molecule has 0 spiro atoms. The molecule has 0 saturated carbocycles. The maximum atomic E-state index is 12.6. The van der Waals surface area contributed by atoms with Gasteiger partial charge in [0.05, 0.1) is 22.9 Å². The highest BCUT2D eigenvalue weighted by molar-refractivity contribution is 7.92. The molecule has 0 radical (unpaired) electrons. The van der Waals surface area contributed by atoms with Crippen molar-refractivity contribution in [1.29, 1.82) is 0 Å². The van der Waals surface area contributed by atoms with Gasteiger partial charge in [-0.1, -0.05) is 42.5 Å². The Labute approximate surface area is 176 Å². The molecule has 3 aromatic rings. The minimum Gasteiger partial charge on any atom is -0.494 e. The molecule has 0 unspecified atom stereocenters. The third-order valence-electron chi connectivity index (χ3n) is 4.10. The Balaban J connectivity index is 1.70. The van der Waals surface area contributed by atoms with Crippen molar-refractivity contribution in [1.82, 2.24) is 0 Å². The fourth-order valence-corrected chi connectivity index (χ4v) is 3.77. The molecule has 7 heteroatoms. The topological polar surface area (TPSA) is 84.5 Å². The lowest BCUT2D eigenvalue weighted by molar-refractivity contribution is -0.111. The maximum Gasteiger partial charge on any atom is 0.261 e. The predicted octanol–water partition coefficient (Wildman–Crippen LogP) is 4.54. The predicted molar refractivity (Wildman–Crippen MR) is 119 cm³/mol. The second-order valence-corrected chi connectivity index (χ2v) is 7.97. The largest absolute Gasteiger partial charge is 0.494 e. The first-order valence-electron chi connectivity index (χ1n) is 9.37. The summed E-state index contributed by atoms with van der Waals surface area (Å²) in [5.74, 6) is 0.383. The summed E-state index contributed by atoms with van der Waals surface area (Å²) in [6.45, 7) is 2.50. The van der Waals surface area contributed by atoms with Gasteiger partial charge in [-0.2, -0.15) is 0 Å². The summed E-state index contributed by atoms with van der Waals surface area (Å²) in [4.78, 5) is 12.5. The monoisotopic (exact) mass is 422 g/mol. The van der Waals surface area contributed by atoms with Gasteiger partial charge in [-0.25, -0.2) is 8.42 Å². The number of amides is 1. The van der Waals surface area contributed by atoms with Crippen LogP contribution in [0.4, 0.5) is 11.4 Å². The van der Waals surface area contributed by atoms with Gasteiger partial charge in [-0.3, -0.25) is 9.52 Å². The molecule has 3 rings (SSSR count). The van der Waals surface area contributed by atoms with Crippen LogP contribution < -0.4 is 14.8 Å². The molecular formula is C23H22N2O4S. The smallest absolute Gasteiger partial charge is 0.261 e. The van der Waals surface area contributed by atoms with Crippen LogP contribution in [-0.4, -0.2) is 20.9 Å². The Bertz CT molecular complexity index is 1130. The normalized spacial score (nSPS) is 11.2. The van der Waals surface area contributed by atoms with E-state index in [-0.39, 0.29) is 16.5 Å². The van der Waals surface area contributed by atoms with Crippen LogP contribution in [0.25, 0.3) is 6.08 Å². The van der Waals surface area contributed by atoms with Gasteiger partial charge >= 0.3 is 0 Å². The zero-order valence-corrected chi connectivity index (χ0v) is 17.2. The molecular weight excluding hydrogens is 400 g/mol. The van der Waals surface area contributed by atoms with Crippen molar-refractivity contribution in [2.24, 2.45) is 0 Å². The van der Waals surface area contributed by atoms with Gasteiger partial charge in [0.2, 0.25) is 5.91 Å². The van der Waals surface area contributed by atoms with Gasteiger partial charge in [-0.05, 0) is 55.0 Å². The quantitative estimate of drug-likeness (QED) is 0.522. The van der Waals surface area contributed by atoms with E-state index in [0.717, 1.165) is 11.3 Å². The van der Waals surface area contributed by atoms with Crippen molar-refractivity contribution in [2.75, 3.05) is 16.6 Å². The summed E-state index contributed by atoms with van der Waals surface area (Å²) in [6.07, 6.45) is 3.06. The molecule has 0 bridgehead atoms. The third kappa shape index (κ3) is 5.71. The lowest BCUT2D eigenvalue weighted by Crippen LogP contribution is -2.16. The highest BCUT2D eigenvalue weighted by atomic mass is 32.2. The van der Waals surface area contributed by atoms with Crippen LogP contribution in [0.2, 0.25) is 0 Å². The Hall–Kier alpha value is -3.58. The number of anilines is 2. The molecule has 0 aromatic heterocycles. The Morgan fingerprint density at radius 1 is 0.900 bits per heavy atom. The number of hydrogen-bond acceptors (Lipinski definition) is 4. The molecule has 0 aliphatic carbocycles. The summed E-state index contributed by atoms with van der Waals surface area (Å²) in [7, 11) is -3.77. The zero-order chi connectivity index (χ0) is 21.4. The van der Waals surface area contributed by atoms with Crippen LogP contribution in [0.1, 0.15) is 12.5 Å². The second-order valence-electron chi connectivity index (χ2n) is 6.29. The second kappa shape index (κ2) is 9.76. The van der Waals surface area contributed by atoms with E-state index in [0.29, 0.717) is 12.3 Å². The molecule has 0 aliphatic rings. The maximum absolute atomic E-state index is 12.6. The average molecular weight is 423 g/mol. The lowest BCUT2D eigenvalue weighted by atomic mass is 10.2. The number of carbonyl (C=O) groups excluding carboxylic acids is 1. The summed E-state index contributed by atoms with van der Waals surface area (Å²) in [5.41, 5.74) is 1.48. The number of benzene rings is 3. The van der Waals surface area contributed by atoms with Gasteiger partial charge in [0.15, 0.2) is 0 Å². The van der Waals surface area contributed by atoms with Crippen LogP contribution >= 0.6 is 0 Å². The fraction of sp³-hybridized carbons (Fsp3) is 0.0870. The number of para-hydroxylation sites is 2. The van der Waals surface area contributed by atoms with E-state index in [1.54, 1.807) is 48.5 Å². The minimum atomic E-state index is -3.77. The van der Waals surface area contributed by atoms with Crippen molar-refractivity contribution in [3.63, 3.8) is 0 Å². The van der Waals surface area contributed by atoms with Crippen molar-refractivity contribution < 1.29 is 17.9 Å². The highest BCUT2D eigenvalue weighted by Gasteiger charge is 2.15. The number of nitrogens with one attached hydrogen (secondary N) is 2. The SMILES string of the molecule is CCOc1ccc(/C=C/C(=O)Nc2ccccc2NS(=O)(=O)c2ccccc2)cc1. The van der Waals surface area contributed by atoms with Gasteiger partial charge in [-0.15, -0.1) is 0 Å². The molecule has 0 heterocycles. The third-order valence-corrected chi connectivity index (χ3v) is 5.48. The summed E-state index contributed by atoms with van der Waals surface area (Å²) < 4.78 is 33.1. The molecule has 0 fully saturated rings. The lowest BCUT2D eigenvalue weighted by Gasteiger charge is -2.12. The number of sulfonamides is 1. The van der Waals surface area contributed by atoms with E-state index in [9.17, 15) is 13.2 Å². The molecule has 154 valence electrons.